The van der Waals surface area contributed by atoms with Crippen LogP contribution in [-0.2, 0) is 6.54 Å². The number of rotatable bonds is 7. The Hall–Kier alpha value is -3.17. The fraction of sp³-hybridized carbons (Fsp3) is 0.450. The molecular weight excluding hydrogens is 394 g/mol. The highest BCUT2D eigenvalue weighted by atomic mass is 19.3. The fourth-order valence-electron chi connectivity index (χ4n) is 3.17. The van der Waals surface area contributed by atoms with Gasteiger partial charge in [0.1, 0.15) is 0 Å². The lowest BCUT2D eigenvalue weighted by Crippen LogP contribution is -2.52. The zero-order valence-electron chi connectivity index (χ0n) is 17.1. The number of piperazine rings is 1. The smallest absolute Gasteiger partial charge is 0.387 e. The van der Waals surface area contributed by atoms with E-state index in [0.29, 0.717) is 6.54 Å². The molecule has 1 fully saturated rings. The van der Waals surface area contributed by atoms with Crippen LogP contribution in [0.2, 0.25) is 0 Å². The van der Waals surface area contributed by atoms with E-state index in [4.69, 9.17) is 4.74 Å². The Kier molecular flexibility index (Phi) is 7.58. The summed E-state index contributed by atoms with van der Waals surface area (Å²) in [5.74, 6) is 1.76. The molecule has 1 aliphatic rings. The maximum absolute atomic E-state index is 12.6. The molecule has 0 atom stereocenters. The quantitative estimate of drug-likeness (QED) is 0.544. The van der Waals surface area contributed by atoms with Crippen molar-refractivity contribution in [3.8, 4) is 11.5 Å². The summed E-state index contributed by atoms with van der Waals surface area (Å²) >= 11 is 0. The Morgan fingerprint density at radius 1 is 1.17 bits per heavy atom. The number of guanidine groups is 1. The largest absolute Gasteiger partial charge is 0.493 e. The molecule has 0 unspecified atom stereocenters. The van der Waals surface area contributed by atoms with Crippen LogP contribution in [0.4, 0.5) is 14.7 Å². The molecule has 0 saturated carbocycles. The molecule has 3 rings (SSSR count). The van der Waals surface area contributed by atoms with Gasteiger partial charge in [-0.15, -0.1) is 0 Å². The molecule has 0 amide bonds. The van der Waals surface area contributed by atoms with E-state index in [1.165, 1.54) is 13.2 Å². The Morgan fingerprint density at radius 3 is 2.53 bits per heavy atom. The van der Waals surface area contributed by atoms with Gasteiger partial charge in [0.25, 0.3) is 0 Å². The monoisotopic (exact) mass is 420 g/mol. The second-order valence-electron chi connectivity index (χ2n) is 6.56. The number of hydrogen-bond acceptors (Lipinski definition) is 6. The summed E-state index contributed by atoms with van der Waals surface area (Å²) < 4.78 is 34.9. The minimum atomic E-state index is -2.92. The van der Waals surface area contributed by atoms with Gasteiger partial charge >= 0.3 is 6.61 Å². The first-order valence-electron chi connectivity index (χ1n) is 9.77. The predicted molar refractivity (Wildman–Crippen MR) is 110 cm³/mol. The predicted octanol–water partition coefficient (Wildman–Crippen LogP) is 2.37. The zero-order chi connectivity index (χ0) is 21.3. The molecule has 30 heavy (non-hydrogen) atoms. The van der Waals surface area contributed by atoms with Crippen molar-refractivity contribution in [2.45, 2.75) is 20.1 Å². The molecule has 162 valence electrons. The van der Waals surface area contributed by atoms with Crippen molar-refractivity contribution < 1.29 is 18.3 Å². The molecule has 1 aromatic heterocycles. The molecule has 1 aliphatic heterocycles. The number of halogens is 2. The van der Waals surface area contributed by atoms with E-state index in [1.54, 1.807) is 30.6 Å². The van der Waals surface area contributed by atoms with Gasteiger partial charge in [-0.2, -0.15) is 8.78 Å². The summed E-state index contributed by atoms with van der Waals surface area (Å²) in [7, 11) is 1.41. The lowest BCUT2D eigenvalue weighted by molar-refractivity contribution is -0.0512. The molecule has 0 spiro atoms. The summed E-state index contributed by atoms with van der Waals surface area (Å²) in [4.78, 5) is 17.6. The van der Waals surface area contributed by atoms with Gasteiger partial charge in [0.05, 0.1) is 13.7 Å². The first-order valence-corrected chi connectivity index (χ1v) is 9.77. The molecule has 0 aliphatic carbocycles. The van der Waals surface area contributed by atoms with Crippen LogP contribution in [0.15, 0.2) is 41.7 Å². The van der Waals surface area contributed by atoms with Gasteiger partial charge in [0.2, 0.25) is 5.95 Å². The number of hydrogen-bond donors (Lipinski definition) is 1. The fourth-order valence-corrected chi connectivity index (χ4v) is 3.17. The molecule has 1 saturated heterocycles. The van der Waals surface area contributed by atoms with Crippen molar-refractivity contribution in [1.82, 2.24) is 20.2 Å². The van der Waals surface area contributed by atoms with Gasteiger partial charge in [-0.25, -0.2) is 15.0 Å². The number of aromatic nitrogens is 2. The third-order valence-electron chi connectivity index (χ3n) is 4.60. The van der Waals surface area contributed by atoms with Crippen molar-refractivity contribution in [2.75, 3.05) is 44.7 Å². The SMILES string of the molecule is CCNC(=NCc1ccc(OC)c(OC(F)F)c1)N1CCN(c2ncccn2)CC1. The summed E-state index contributed by atoms with van der Waals surface area (Å²) in [6.45, 7) is 3.24. The normalized spacial score (nSPS) is 14.8. The molecule has 2 aromatic rings. The maximum atomic E-state index is 12.6. The average molecular weight is 420 g/mol. The molecule has 8 nitrogen and oxygen atoms in total. The second-order valence-corrected chi connectivity index (χ2v) is 6.56. The summed E-state index contributed by atoms with van der Waals surface area (Å²) in [5.41, 5.74) is 0.748. The summed E-state index contributed by atoms with van der Waals surface area (Å²) in [5, 5.41) is 3.30. The van der Waals surface area contributed by atoms with Gasteiger partial charge in [0.15, 0.2) is 17.5 Å². The Bertz CT molecular complexity index is 829. The minimum absolute atomic E-state index is 0.00155. The molecule has 1 N–H and O–H groups in total. The van der Waals surface area contributed by atoms with Crippen molar-refractivity contribution in [2.24, 2.45) is 4.99 Å². The average Bonchev–Trinajstić information content (AvgIpc) is 2.77. The highest BCUT2D eigenvalue weighted by Gasteiger charge is 2.21. The highest BCUT2D eigenvalue weighted by molar-refractivity contribution is 5.80. The zero-order valence-corrected chi connectivity index (χ0v) is 17.1. The van der Waals surface area contributed by atoms with Gasteiger partial charge in [-0.05, 0) is 30.7 Å². The van der Waals surface area contributed by atoms with E-state index in [2.05, 4.69) is 34.8 Å². The second kappa shape index (κ2) is 10.6. The molecule has 2 heterocycles. The Balaban J connectivity index is 1.66. The van der Waals surface area contributed by atoms with E-state index >= 15 is 0 Å². The number of ether oxygens (including phenoxy) is 2. The molecule has 0 radical (unpaired) electrons. The van der Waals surface area contributed by atoms with Gasteiger partial charge in [0, 0.05) is 45.1 Å². The Labute approximate surface area is 174 Å². The van der Waals surface area contributed by atoms with E-state index < -0.39 is 6.61 Å². The van der Waals surface area contributed by atoms with Crippen LogP contribution < -0.4 is 19.7 Å². The van der Waals surface area contributed by atoms with Crippen molar-refractivity contribution >= 4 is 11.9 Å². The molecule has 1 aromatic carbocycles. The molecule has 0 bridgehead atoms. The van der Waals surface area contributed by atoms with Crippen molar-refractivity contribution in [3.63, 3.8) is 0 Å². The maximum Gasteiger partial charge on any atom is 0.387 e. The number of nitrogens with zero attached hydrogens (tertiary/aromatic N) is 5. The summed E-state index contributed by atoms with van der Waals surface area (Å²) in [6.07, 6.45) is 3.47. The van der Waals surface area contributed by atoms with Crippen LogP contribution in [0, 0.1) is 0 Å². The van der Waals surface area contributed by atoms with E-state index in [1.807, 2.05) is 6.92 Å². The third kappa shape index (κ3) is 5.68. The van der Waals surface area contributed by atoms with E-state index in [-0.39, 0.29) is 11.5 Å². The lowest BCUT2D eigenvalue weighted by Gasteiger charge is -2.36. The topological polar surface area (TPSA) is 75.1 Å². The van der Waals surface area contributed by atoms with E-state index in [0.717, 1.165) is 50.2 Å². The van der Waals surface area contributed by atoms with Crippen molar-refractivity contribution in [3.05, 3.63) is 42.2 Å². The van der Waals surface area contributed by atoms with Gasteiger partial charge in [-0.1, -0.05) is 6.07 Å². The van der Waals surface area contributed by atoms with Crippen molar-refractivity contribution in [1.29, 1.82) is 0 Å². The molecule has 10 heteroatoms. The number of aliphatic imine (C=N–C) groups is 1. The first-order chi connectivity index (χ1) is 14.6. The minimum Gasteiger partial charge on any atom is -0.493 e. The number of benzene rings is 1. The standard InChI is InChI=1S/C20H26F2N6O2/c1-3-23-19(27-9-11-28(12-10-27)20-24-7-4-8-25-20)26-14-15-5-6-16(29-2)17(13-15)30-18(21)22/h4-8,13,18H,3,9-12,14H2,1-2H3,(H,23,26). The van der Waals surface area contributed by atoms with Crippen LogP contribution in [0.25, 0.3) is 0 Å². The number of nitrogens with one attached hydrogen (secondary N) is 1. The highest BCUT2D eigenvalue weighted by Crippen LogP contribution is 2.29. The van der Waals surface area contributed by atoms with Crippen LogP contribution in [0.3, 0.4) is 0 Å². The first kappa shape index (κ1) is 21.5. The van der Waals surface area contributed by atoms with Crippen LogP contribution in [-0.4, -0.2) is 67.3 Å². The van der Waals surface area contributed by atoms with Gasteiger partial charge in [-0.3, -0.25) is 0 Å². The van der Waals surface area contributed by atoms with Crippen LogP contribution >= 0.6 is 0 Å². The van der Waals surface area contributed by atoms with E-state index in [9.17, 15) is 8.78 Å². The lowest BCUT2D eigenvalue weighted by atomic mass is 10.2. The molecular formula is C20H26F2N6O2. The van der Waals surface area contributed by atoms with Gasteiger partial charge < -0.3 is 24.6 Å². The third-order valence-corrected chi connectivity index (χ3v) is 4.60. The number of anilines is 1. The number of alkyl halides is 2. The summed E-state index contributed by atoms with van der Waals surface area (Å²) in [6, 6.07) is 6.72. The Morgan fingerprint density at radius 2 is 1.90 bits per heavy atom. The number of methoxy groups -OCH3 is 1. The van der Waals surface area contributed by atoms with Crippen LogP contribution in [0.5, 0.6) is 11.5 Å². The van der Waals surface area contributed by atoms with Crippen LogP contribution in [0.1, 0.15) is 12.5 Å².